The van der Waals surface area contributed by atoms with E-state index in [1.54, 1.807) is 0 Å². The number of ether oxygens (including phenoxy) is 6. The summed E-state index contributed by atoms with van der Waals surface area (Å²) in [6, 6.07) is 0. The minimum absolute atomic E-state index is 0.0665. The van der Waals surface area contributed by atoms with E-state index in [1.165, 1.54) is 0 Å². The number of esters is 1. The summed E-state index contributed by atoms with van der Waals surface area (Å²) in [5, 5.41) is 0. The van der Waals surface area contributed by atoms with Crippen LogP contribution in [0.15, 0.2) is 0 Å². The zero-order chi connectivity index (χ0) is 13.6. The average molecular weight is 278 g/mol. The fourth-order valence-corrected chi connectivity index (χ4v) is 1.29. The van der Waals surface area contributed by atoms with E-state index >= 15 is 0 Å². The fraction of sp³-hybridized carbons (Fsp3) is 0.917. The average Bonchev–Trinajstić information content (AvgIpc) is 2.41. The largest absolute Gasteiger partial charge is 0.462 e. The molecule has 1 heterocycles. The molecule has 1 aliphatic rings. The van der Waals surface area contributed by atoms with Crippen LogP contribution in [-0.2, 0) is 33.2 Å². The number of rotatable bonds is 0. The standard InChI is InChI=1S/C12H22O7/c13-12-11-18-8-7-16-4-3-14-1-2-15-5-6-17-9-10-19-12/h1-11H2. The summed E-state index contributed by atoms with van der Waals surface area (Å²) in [6.07, 6.45) is 0. The summed E-state index contributed by atoms with van der Waals surface area (Å²) in [4.78, 5) is 11.2. The van der Waals surface area contributed by atoms with E-state index in [-0.39, 0.29) is 13.2 Å². The van der Waals surface area contributed by atoms with E-state index in [9.17, 15) is 4.79 Å². The molecule has 112 valence electrons. The first-order chi connectivity index (χ1) is 9.39. The lowest BCUT2D eigenvalue weighted by Crippen LogP contribution is -2.19. The number of hydrogen-bond donors (Lipinski definition) is 0. The second kappa shape index (κ2) is 12.3. The summed E-state index contributed by atoms with van der Waals surface area (Å²) in [5.74, 6) is -0.399. The molecule has 0 aliphatic carbocycles. The second-order valence-electron chi connectivity index (χ2n) is 3.72. The van der Waals surface area contributed by atoms with Crippen molar-refractivity contribution in [1.29, 1.82) is 0 Å². The molecule has 1 rings (SSSR count). The predicted molar refractivity (Wildman–Crippen MR) is 65.1 cm³/mol. The molecule has 0 spiro atoms. The molecular weight excluding hydrogens is 256 g/mol. The third kappa shape index (κ3) is 10.8. The molecule has 0 amide bonds. The van der Waals surface area contributed by atoms with Crippen molar-refractivity contribution in [1.82, 2.24) is 0 Å². The molecule has 0 radical (unpaired) electrons. The molecule has 19 heavy (non-hydrogen) atoms. The van der Waals surface area contributed by atoms with Crippen molar-refractivity contribution in [2.24, 2.45) is 0 Å². The third-order valence-electron chi connectivity index (χ3n) is 2.20. The quantitative estimate of drug-likeness (QED) is 0.560. The normalized spacial score (nSPS) is 23.1. The van der Waals surface area contributed by atoms with Gasteiger partial charge >= 0.3 is 5.97 Å². The van der Waals surface area contributed by atoms with Crippen molar-refractivity contribution >= 4 is 5.97 Å². The highest BCUT2D eigenvalue weighted by atomic mass is 16.6. The minimum Gasteiger partial charge on any atom is -0.462 e. The Morgan fingerprint density at radius 2 is 0.895 bits per heavy atom. The molecule has 1 aliphatic heterocycles. The van der Waals surface area contributed by atoms with E-state index in [1.807, 2.05) is 0 Å². The molecule has 0 bridgehead atoms. The molecule has 7 nitrogen and oxygen atoms in total. The maximum absolute atomic E-state index is 11.2. The first-order valence-electron chi connectivity index (χ1n) is 6.44. The smallest absolute Gasteiger partial charge is 0.332 e. The highest BCUT2D eigenvalue weighted by Crippen LogP contribution is 1.87. The van der Waals surface area contributed by atoms with Crippen LogP contribution >= 0.6 is 0 Å². The lowest BCUT2D eigenvalue weighted by molar-refractivity contribution is -0.151. The van der Waals surface area contributed by atoms with Crippen LogP contribution in [0.1, 0.15) is 0 Å². The van der Waals surface area contributed by atoms with Crippen LogP contribution < -0.4 is 0 Å². The molecule has 1 fully saturated rings. The molecule has 0 saturated carbocycles. The zero-order valence-corrected chi connectivity index (χ0v) is 11.1. The van der Waals surface area contributed by atoms with E-state index in [0.717, 1.165) is 0 Å². The van der Waals surface area contributed by atoms with Gasteiger partial charge in [0.05, 0.1) is 59.5 Å². The molecule has 0 aromatic rings. The van der Waals surface area contributed by atoms with Gasteiger partial charge in [0, 0.05) is 0 Å². The molecule has 0 aromatic heterocycles. The van der Waals surface area contributed by atoms with Crippen LogP contribution in [0.4, 0.5) is 0 Å². The van der Waals surface area contributed by atoms with Gasteiger partial charge in [-0.15, -0.1) is 0 Å². The SMILES string of the molecule is O=C1COCCOCCOCCOCCOCCO1. The Labute approximate surface area is 113 Å². The van der Waals surface area contributed by atoms with Crippen molar-refractivity contribution in [2.45, 2.75) is 0 Å². The number of carbonyl (C=O) groups excluding carboxylic acids is 1. The lowest BCUT2D eigenvalue weighted by Gasteiger charge is -2.09. The Kier molecular flexibility index (Phi) is 10.6. The van der Waals surface area contributed by atoms with Gasteiger partial charge in [0.2, 0.25) is 0 Å². The summed E-state index contributed by atoms with van der Waals surface area (Å²) in [6.45, 7) is 4.34. The van der Waals surface area contributed by atoms with Gasteiger partial charge in [-0.25, -0.2) is 4.79 Å². The monoisotopic (exact) mass is 278 g/mol. The molecule has 7 heteroatoms. The van der Waals surface area contributed by atoms with Crippen LogP contribution in [-0.4, -0.2) is 78.6 Å². The van der Waals surface area contributed by atoms with Gasteiger partial charge in [-0.05, 0) is 0 Å². The van der Waals surface area contributed by atoms with Gasteiger partial charge in [0.1, 0.15) is 13.2 Å². The van der Waals surface area contributed by atoms with Crippen molar-refractivity contribution in [3.63, 3.8) is 0 Å². The molecule has 0 N–H and O–H groups in total. The van der Waals surface area contributed by atoms with Gasteiger partial charge in [0.25, 0.3) is 0 Å². The van der Waals surface area contributed by atoms with Gasteiger partial charge in [0.15, 0.2) is 0 Å². The minimum atomic E-state index is -0.399. The predicted octanol–water partition coefficient (Wildman–Crippen LogP) is -0.374. The Morgan fingerprint density at radius 1 is 0.526 bits per heavy atom. The molecule has 0 atom stereocenters. The maximum Gasteiger partial charge on any atom is 0.332 e. The van der Waals surface area contributed by atoms with E-state index in [0.29, 0.717) is 59.5 Å². The van der Waals surface area contributed by atoms with Crippen LogP contribution in [0.25, 0.3) is 0 Å². The Balaban J connectivity index is 2.10. The molecule has 0 unspecified atom stereocenters. The third-order valence-corrected chi connectivity index (χ3v) is 2.20. The first kappa shape index (κ1) is 16.3. The maximum atomic E-state index is 11.2. The van der Waals surface area contributed by atoms with Crippen molar-refractivity contribution in [2.75, 3.05) is 72.7 Å². The van der Waals surface area contributed by atoms with Gasteiger partial charge in [-0.3, -0.25) is 0 Å². The molecule has 0 aromatic carbocycles. The zero-order valence-electron chi connectivity index (χ0n) is 11.1. The number of cyclic esters (lactones) is 1. The first-order valence-corrected chi connectivity index (χ1v) is 6.44. The number of carbonyl (C=O) groups is 1. The highest BCUT2D eigenvalue weighted by molar-refractivity contribution is 5.70. The molecule has 1 saturated heterocycles. The Bertz CT molecular complexity index is 202. The van der Waals surface area contributed by atoms with Crippen LogP contribution in [0.3, 0.4) is 0 Å². The van der Waals surface area contributed by atoms with Crippen molar-refractivity contribution in [3.8, 4) is 0 Å². The topological polar surface area (TPSA) is 72.5 Å². The van der Waals surface area contributed by atoms with Gasteiger partial charge in [-0.1, -0.05) is 0 Å². The van der Waals surface area contributed by atoms with Crippen molar-refractivity contribution < 1.29 is 33.2 Å². The fourth-order valence-electron chi connectivity index (χ4n) is 1.29. The van der Waals surface area contributed by atoms with Gasteiger partial charge < -0.3 is 28.4 Å². The lowest BCUT2D eigenvalue weighted by atomic mass is 10.6. The Hall–Kier alpha value is -0.730. The summed E-state index contributed by atoms with van der Waals surface area (Å²) in [5.41, 5.74) is 0. The van der Waals surface area contributed by atoms with E-state index in [4.69, 9.17) is 28.4 Å². The van der Waals surface area contributed by atoms with E-state index < -0.39 is 5.97 Å². The van der Waals surface area contributed by atoms with Crippen molar-refractivity contribution in [3.05, 3.63) is 0 Å². The second-order valence-corrected chi connectivity index (χ2v) is 3.72. The highest BCUT2D eigenvalue weighted by Gasteiger charge is 2.03. The Morgan fingerprint density at radius 3 is 1.37 bits per heavy atom. The summed E-state index contributed by atoms with van der Waals surface area (Å²) in [7, 11) is 0. The summed E-state index contributed by atoms with van der Waals surface area (Å²) < 4.78 is 31.0. The van der Waals surface area contributed by atoms with Crippen LogP contribution in [0.5, 0.6) is 0 Å². The van der Waals surface area contributed by atoms with E-state index in [2.05, 4.69) is 0 Å². The molecular formula is C12H22O7. The summed E-state index contributed by atoms with van der Waals surface area (Å²) >= 11 is 0. The van der Waals surface area contributed by atoms with Crippen LogP contribution in [0.2, 0.25) is 0 Å². The number of hydrogen-bond acceptors (Lipinski definition) is 7. The van der Waals surface area contributed by atoms with Gasteiger partial charge in [-0.2, -0.15) is 0 Å². The van der Waals surface area contributed by atoms with Crippen LogP contribution in [0, 0.1) is 0 Å².